The molecule has 2 atom stereocenters. The van der Waals surface area contributed by atoms with Crippen molar-refractivity contribution in [2.75, 3.05) is 11.9 Å². The van der Waals surface area contributed by atoms with Gasteiger partial charge >= 0.3 is 6.09 Å². The number of carbonyl (C=O) groups excluding carboxylic acids is 2. The number of amides is 2. The summed E-state index contributed by atoms with van der Waals surface area (Å²) in [5.41, 5.74) is 2.85. The molecule has 1 aromatic heterocycles. The van der Waals surface area contributed by atoms with E-state index in [1.807, 2.05) is 0 Å². The molecule has 0 saturated heterocycles. The van der Waals surface area contributed by atoms with Crippen molar-refractivity contribution in [2.45, 2.75) is 70.9 Å². The summed E-state index contributed by atoms with van der Waals surface area (Å²) in [6.45, 7) is 4.49. The van der Waals surface area contributed by atoms with E-state index < -0.39 is 29.7 Å². The van der Waals surface area contributed by atoms with Crippen LogP contribution in [0.3, 0.4) is 0 Å². The molecule has 0 bridgehead atoms. The molecule has 2 aromatic carbocycles. The van der Waals surface area contributed by atoms with Crippen LogP contribution in [-0.4, -0.2) is 34.5 Å². The third-order valence-electron chi connectivity index (χ3n) is 7.05. The smallest absolute Gasteiger partial charge is 0.411 e. The van der Waals surface area contributed by atoms with Gasteiger partial charge in [-0.3, -0.25) is 10.1 Å². The number of hydrogen-bond acceptors (Lipinski definition) is 3. The van der Waals surface area contributed by atoms with Gasteiger partial charge in [-0.2, -0.15) is 0 Å². The highest BCUT2D eigenvalue weighted by Crippen LogP contribution is 2.42. The molecule has 0 spiro atoms. The van der Waals surface area contributed by atoms with Gasteiger partial charge in [0.25, 0.3) is 5.91 Å². The number of carbonyl (C=O) groups is 2. The van der Waals surface area contributed by atoms with Gasteiger partial charge in [0.15, 0.2) is 0 Å². The molecule has 0 unspecified atom stereocenters. The van der Waals surface area contributed by atoms with Crippen LogP contribution in [-0.2, 0) is 16.0 Å². The lowest BCUT2D eigenvalue weighted by atomic mass is 9.86. The highest BCUT2D eigenvalue weighted by Gasteiger charge is 2.40. The summed E-state index contributed by atoms with van der Waals surface area (Å²) in [5.74, 6) is 0.445. The summed E-state index contributed by atoms with van der Waals surface area (Å²) < 4.78 is 34.2. The molecule has 0 radical (unpaired) electrons. The van der Waals surface area contributed by atoms with Crippen molar-refractivity contribution in [2.24, 2.45) is 0 Å². The average Bonchev–Trinajstić information content (AvgIpc) is 3.27. The maximum absolute atomic E-state index is 14.8. The monoisotopic (exact) mass is 521 g/mol. The van der Waals surface area contributed by atoms with Crippen LogP contribution < -0.4 is 5.32 Å². The Hall–Kier alpha value is -3.86. The van der Waals surface area contributed by atoms with Crippen molar-refractivity contribution in [3.8, 4) is 12.3 Å². The van der Waals surface area contributed by atoms with Crippen LogP contribution in [0.5, 0.6) is 0 Å². The van der Waals surface area contributed by atoms with E-state index in [0.29, 0.717) is 36.2 Å². The number of aromatic nitrogens is 1. The second-order valence-corrected chi connectivity index (χ2v) is 9.68. The maximum Gasteiger partial charge on any atom is 0.411 e. The second-order valence-electron chi connectivity index (χ2n) is 9.68. The molecule has 2 amide bonds. The summed E-state index contributed by atoms with van der Waals surface area (Å²) in [4.78, 5) is 30.0. The zero-order valence-corrected chi connectivity index (χ0v) is 21.8. The van der Waals surface area contributed by atoms with Gasteiger partial charge in [-0.1, -0.05) is 51.7 Å². The van der Waals surface area contributed by atoms with Crippen molar-refractivity contribution in [1.82, 2.24) is 9.88 Å². The Balaban J connectivity index is 1.72. The van der Waals surface area contributed by atoms with Crippen molar-refractivity contribution in [3.05, 3.63) is 64.9 Å². The molecule has 8 heteroatoms. The number of unbranched alkanes of at least 4 members (excludes halogenated alkanes) is 3. The lowest BCUT2D eigenvalue weighted by Crippen LogP contribution is -2.47. The standard InChI is InChI=1S/C30H33F2N3O3/c1-4-7-9-15-38-30(37)33-21-13-11-19(12-14-21)29-28-24(23-16-20(31)17-25(32)27(23)34-28)18-22(10-8-5-2)35(29)26(36)6-3/h3,11-14,16-17,22,29,34H,4-5,7-10,15,18H2,1-2H3,(H,33,37)/t22-,29-/m0/s1. The average molecular weight is 522 g/mol. The summed E-state index contributed by atoms with van der Waals surface area (Å²) in [6, 6.07) is 8.34. The lowest BCUT2D eigenvalue weighted by molar-refractivity contribution is -0.130. The van der Waals surface area contributed by atoms with Gasteiger partial charge in [-0.05, 0) is 54.5 Å². The Morgan fingerprint density at radius 2 is 1.87 bits per heavy atom. The molecule has 200 valence electrons. The van der Waals surface area contributed by atoms with E-state index in [-0.39, 0.29) is 11.6 Å². The molecule has 2 heterocycles. The van der Waals surface area contributed by atoms with E-state index in [9.17, 15) is 18.4 Å². The number of fused-ring (bicyclic) bond motifs is 3. The summed E-state index contributed by atoms with van der Waals surface area (Å²) in [6.07, 6.45) is 10.8. The number of anilines is 1. The van der Waals surface area contributed by atoms with Crippen LogP contribution in [0, 0.1) is 24.0 Å². The number of hydrogen-bond donors (Lipinski definition) is 2. The number of nitrogens with one attached hydrogen (secondary N) is 2. The number of aromatic amines is 1. The Morgan fingerprint density at radius 1 is 1.13 bits per heavy atom. The molecular weight excluding hydrogens is 488 g/mol. The molecule has 1 aliphatic rings. The van der Waals surface area contributed by atoms with E-state index in [4.69, 9.17) is 11.2 Å². The first-order valence-corrected chi connectivity index (χ1v) is 13.2. The zero-order valence-electron chi connectivity index (χ0n) is 21.8. The van der Waals surface area contributed by atoms with Gasteiger partial charge < -0.3 is 14.6 Å². The second kappa shape index (κ2) is 12.1. The number of halogens is 2. The summed E-state index contributed by atoms with van der Waals surface area (Å²) in [5, 5.41) is 3.19. The van der Waals surface area contributed by atoms with E-state index in [0.717, 1.165) is 49.3 Å². The topological polar surface area (TPSA) is 74.4 Å². The number of H-pyrrole nitrogens is 1. The van der Waals surface area contributed by atoms with Crippen LogP contribution in [0.2, 0.25) is 0 Å². The minimum Gasteiger partial charge on any atom is -0.449 e. The number of terminal acetylenes is 1. The first-order chi connectivity index (χ1) is 18.4. The highest BCUT2D eigenvalue weighted by molar-refractivity contribution is 5.95. The molecule has 0 aliphatic carbocycles. The Bertz CT molecular complexity index is 1340. The van der Waals surface area contributed by atoms with E-state index in [1.54, 1.807) is 29.2 Å². The maximum atomic E-state index is 14.8. The van der Waals surface area contributed by atoms with Crippen molar-refractivity contribution in [1.29, 1.82) is 0 Å². The summed E-state index contributed by atoms with van der Waals surface area (Å²) in [7, 11) is 0. The fourth-order valence-electron chi connectivity index (χ4n) is 5.22. The largest absolute Gasteiger partial charge is 0.449 e. The number of nitrogens with zero attached hydrogens (tertiary/aromatic N) is 1. The third-order valence-corrected chi connectivity index (χ3v) is 7.05. The summed E-state index contributed by atoms with van der Waals surface area (Å²) >= 11 is 0. The van der Waals surface area contributed by atoms with Crippen LogP contribution in [0.15, 0.2) is 36.4 Å². The van der Waals surface area contributed by atoms with E-state index in [1.165, 1.54) is 6.07 Å². The third kappa shape index (κ3) is 5.67. The predicted molar refractivity (Wildman–Crippen MR) is 144 cm³/mol. The van der Waals surface area contributed by atoms with Crippen LogP contribution in [0.1, 0.15) is 75.2 Å². The lowest BCUT2D eigenvalue weighted by Gasteiger charge is -2.41. The minimum atomic E-state index is -0.690. The highest BCUT2D eigenvalue weighted by atomic mass is 19.1. The Labute approximate surface area is 221 Å². The molecule has 4 rings (SSSR count). The van der Waals surface area contributed by atoms with Crippen molar-refractivity contribution >= 4 is 28.6 Å². The van der Waals surface area contributed by atoms with Gasteiger partial charge in [-0.25, -0.2) is 13.6 Å². The molecular formula is C30H33F2N3O3. The molecule has 2 N–H and O–H groups in total. The molecule has 1 aliphatic heterocycles. The first kappa shape index (κ1) is 27.2. The first-order valence-electron chi connectivity index (χ1n) is 13.2. The number of rotatable bonds is 9. The molecule has 3 aromatic rings. The Kier molecular flexibility index (Phi) is 8.67. The van der Waals surface area contributed by atoms with Gasteiger partial charge in [-0.15, -0.1) is 6.42 Å². The predicted octanol–water partition coefficient (Wildman–Crippen LogP) is 6.85. The van der Waals surface area contributed by atoms with Gasteiger partial charge in [0.1, 0.15) is 11.6 Å². The van der Waals surface area contributed by atoms with Gasteiger partial charge in [0, 0.05) is 28.9 Å². The SMILES string of the molecule is C#CC(=O)N1[C@@H](CCCC)Cc2c([nH]c3c(F)cc(F)cc23)[C@@H]1c1ccc(NC(=O)OCCCCC)cc1. The van der Waals surface area contributed by atoms with E-state index >= 15 is 0 Å². The van der Waals surface area contributed by atoms with E-state index in [2.05, 4.69) is 30.1 Å². The Morgan fingerprint density at radius 3 is 2.55 bits per heavy atom. The van der Waals surface area contributed by atoms with Crippen LogP contribution >= 0.6 is 0 Å². The normalized spacial score (nSPS) is 16.7. The fourth-order valence-corrected chi connectivity index (χ4v) is 5.22. The molecule has 0 fully saturated rings. The molecule has 38 heavy (non-hydrogen) atoms. The van der Waals surface area contributed by atoms with Gasteiger partial charge in [0.05, 0.1) is 18.2 Å². The van der Waals surface area contributed by atoms with Crippen LogP contribution in [0.4, 0.5) is 19.3 Å². The van der Waals surface area contributed by atoms with Crippen molar-refractivity contribution < 1.29 is 23.1 Å². The zero-order chi connectivity index (χ0) is 27.2. The van der Waals surface area contributed by atoms with Crippen LogP contribution in [0.25, 0.3) is 10.9 Å². The fraction of sp³-hybridized carbons (Fsp3) is 0.400. The van der Waals surface area contributed by atoms with Crippen molar-refractivity contribution in [3.63, 3.8) is 0 Å². The minimum absolute atomic E-state index is 0.203. The van der Waals surface area contributed by atoms with Gasteiger partial charge in [0.2, 0.25) is 0 Å². The molecule has 0 saturated carbocycles. The number of benzene rings is 2. The number of ether oxygens (including phenoxy) is 1. The quantitative estimate of drug-likeness (QED) is 0.239. The molecule has 6 nitrogen and oxygen atoms in total.